The van der Waals surface area contributed by atoms with Gasteiger partial charge < -0.3 is 5.32 Å². The van der Waals surface area contributed by atoms with E-state index in [0.29, 0.717) is 5.56 Å². The first-order valence-corrected chi connectivity index (χ1v) is 7.98. The van der Waals surface area contributed by atoms with Gasteiger partial charge in [0.25, 0.3) is 5.91 Å². The van der Waals surface area contributed by atoms with Gasteiger partial charge in [-0.15, -0.1) is 0 Å². The first-order valence-electron chi connectivity index (χ1n) is 6.59. The van der Waals surface area contributed by atoms with Gasteiger partial charge in [0, 0.05) is 17.4 Å². The lowest BCUT2D eigenvalue weighted by molar-refractivity contribution is -0.139. The molecule has 0 heterocycles. The molecule has 0 aromatic heterocycles. The molecule has 2 rings (SSSR count). The maximum Gasteiger partial charge on any atom is 0.327 e. The SMILES string of the molecule is CSCc1cccc(C(=O)NNC(=O)C(=O)NC2CC2)c1. The van der Waals surface area contributed by atoms with E-state index in [-0.39, 0.29) is 6.04 Å². The van der Waals surface area contributed by atoms with E-state index in [4.69, 9.17) is 0 Å². The highest BCUT2D eigenvalue weighted by molar-refractivity contribution is 7.97. The van der Waals surface area contributed by atoms with Gasteiger partial charge in [0.1, 0.15) is 0 Å². The second-order valence-corrected chi connectivity index (χ2v) is 5.66. The van der Waals surface area contributed by atoms with Crippen LogP contribution in [-0.4, -0.2) is 30.0 Å². The number of hydrazine groups is 1. The summed E-state index contributed by atoms with van der Waals surface area (Å²) < 4.78 is 0. The van der Waals surface area contributed by atoms with Crippen LogP contribution in [0.25, 0.3) is 0 Å². The average Bonchev–Trinajstić information content (AvgIpc) is 3.29. The number of carbonyl (C=O) groups excluding carboxylic acids is 3. The van der Waals surface area contributed by atoms with Crippen LogP contribution in [0, 0.1) is 0 Å². The lowest BCUT2D eigenvalue weighted by Gasteiger charge is -2.08. The van der Waals surface area contributed by atoms with Crippen molar-refractivity contribution in [3.05, 3.63) is 35.4 Å². The average molecular weight is 307 g/mol. The van der Waals surface area contributed by atoms with Gasteiger partial charge in [-0.3, -0.25) is 25.2 Å². The van der Waals surface area contributed by atoms with Crippen LogP contribution >= 0.6 is 11.8 Å². The summed E-state index contributed by atoms with van der Waals surface area (Å²) in [4.78, 5) is 34.8. The maximum atomic E-state index is 11.9. The van der Waals surface area contributed by atoms with Gasteiger partial charge >= 0.3 is 11.8 Å². The quantitative estimate of drug-likeness (QED) is 0.561. The van der Waals surface area contributed by atoms with E-state index in [1.807, 2.05) is 12.3 Å². The summed E-state index contributed by atoms with van der Waals surface area (Å²) in [5, 5.41) is 2.54. The van der Waals surface area contributed by atoms with Gasteiger partial charge in [0.2, 0.25) is 0 Å². The first kappa shape index (κ1) is 15.4. The van der Waals surface area contributed by atoms with Gasteiger partial charge in [-0.25, -0.2) is 0 Å². The zero-order chi connectivity index (χ0) is 15.2. The van der Waals surface area contributed by atoms with Crippen molar-refractivity contribution in [3.63, 3.8) is 0 Å². The normalized spacial score (nSPS) is 13.4. The standard InChI is InChI=1S/C14H17N3O3S/c1-21-8-9-3-2-4-10(7-9)12(18)16-17-14(20)13(19)15-11-5-6-11/h2-4,7,11H,5-6,8H2,1H3,(H,15,19)(H,16,18)(H,17,20). The largest absolute Gasteiger partial charge is 0.345 e. The van der Waals surface area contributed by atoms with Crippen LogP contribution in [0.2, 0.25) is 0 Å². The second-order valence-electron chi connectivity index (χ2n) is 4.79. The molecule has 0 bridgehead atoms. The molecule has 21 heavy (non-hydrogen) atoms. The molecule has 1 aromatic rings. The Bertz CT molecular complexity index is 558. The molecule has 7 heteroatoms. The predicted octanol–water partition coefficient (Wildman–Crippen LogP) is 0.589. The number of hydrogen-bond acceptors (Lipinski definition) is 4. The summed E-state index contributed by atoms with van der Waals surface area (Å²) in [6.45, 7) is 0. The lowest BCUT2D eigenvalue weighted by Crippen LogP contribution is -2.49. The number of thioether (sulfide) groups is 1. The smallest absolute Gasteiger partial charge is 0.327 e. The van der Waals surface area contributed by atoms with E-state index in [0.717, 1.165) is 24.2 Å². The molecule has 0 saturated heterocycles. The fourth-order valence-electron chi connectivity index (χ4n) is 1.69. The molecular weight excluding hydrogens is 290 g/mol. The van der Waals surface area contributed by atoms with Crippen molar-refractivity contribution in [2.45, 2.75) is 24.6 Å². The molecule has 1 fully saturated rings. The Morgan fingerprint density at radius 2 is 1.95 bits per heavy atom. The van der Waals surface area contributed by atoms with E-state index in [1.165, 1.54) is 0 Å². The van der Waals surface area contributed by atoms with Crippen LogP contribution in [0.1, 0.15) is 28.8 Å². The zero-order valence-electron chi connectivity index (χ0n) is 11.6. The third kappa shape index (κ3) is 4.78. The predicted molar refractivity (Wildman–Crippen MR) is 80.4 cm³/mol. The number of amides is 3. The molecule has 0 radical (unpaired) electrons. The molecule has 3 N–H and O–H groups in total. The van der Waals surface area contributed by atoms with E-state index in [2.05, 4.69) is 16.2 Å². The summed E-state index contributed by atoms with van der Waals surface area (Å²) >= 11 is 1.65. The minimum atomic E-state index is -0.865. The van der Waals surface area contributed by atoms with Gasteiger partial charge in [0.15, 0.2) is 0 Å². The highest BCUT2D eigenvalue weighted by Gasteiger charge is 2.26. The van der Waals surface area contributed by atoms with Crippen molar-refractivity contribution in [2.24, 2.45) is 0 Å². The van der Waals surface area contributed by atoms with Crippen molar-refractivity contribution in [2.75, 3.05) is 6.26 Å². The Balaban J connectivity index is 1.84. The Labute approximate surface area is 127 Å². The van der Waals surface area contributed by atoms with Crippen LogP contribution in [-0.2, 0) is 15.3 Å². The van der Waals surface area contributed by atoms with Crippen LogP contribution in [0.3, 0.4) is 0 Å². The Kier molecular flexibility index (Phi) is 5.21. The fraction of sp³-hybridized carbons (Fsp3) is 0.357. The Morgan fingerprint density at radius 1 is 1.19 bits per heavy atom. The number of hydrogen-bond donors (Lipinski definition) is 3. The molecule has 1 aliphatic carbocycles. The fourth-order valence-corrected chi connectivity index (χ4v) is 2.20. The summed E-state index contributed by atoms with van der Waals surface area (Å²) in [5.74, 6) is -1.24. The number of benzene rings is 1. The summed E-state index contributed by atoms with van der Waals surface area (Å²) in [6, 6.07) is 7.21. The van der Waals surface area contributed by atoms with Gasteiger partial charge in [-0.1, -0.05) is 12.1 Å². The van der Waals surface area contributed by atoms with Crippen molar-refractivity contribution in [3.8, 4) is 0 Å². The maximum absolute atomic E-state index is 11.9. The molecule has 0 aliphatic heterocycles. The molecule has 1 saturated carbocycles. The van der Waals surface area contributed by atoms with Gasteiger partial charge in [-0.05, 0) is 36.8 Å². The molecule has 1 aromatic carbocycles. The molecule has 0 atom stereocenters. The first-order chi connectivity index (χ1) is 10.1. The Morgan fingerprint density at radius 3 is 2.62 bits per heavy atom. The van der Waals surface area contributed by atoms with Gasteiger partial charge in [-0.2, -0.15) is 11.8 Å². The van der Waals surface area contributed by atoms with Crippen molar-refractivity contribution < 1.29 is 14.4 Å². The molecule has 1 aliphatic rings. The van der Waals surface area contributed by atoms with Crippen molar-refractivity contribution in [1.82, 2.24) is 16.2 Å². The van der Waals surface area contributed by atoms with Crippen LogP contribution in [0.4, 0.5) is 0 Å². The number of rotatable bonds is 4. The molecule has 0 spiro atoms. The van der Waals surface area contributed by atoms with Crippen molar-refractivity contribution >= 4 is 29.5 Å². The minimum absolute atomic E-state index is 0.0992. The molecule has 3 amide bonds. The van der Waals surface area contributed by atoms with E-state index < -0.39 is 17.7 Å². The van der Waals surface area contributed by atoms with E-state index in [1.54, 1.807) is 30.0 Å². The topological polar surface area (TPSA) is 87.3 Å². The number of nitrogens with one attached hydrogen (secondary N) is 3. The molecule has 112 valence electrons. The van der Waals surface area contributed by atoms with Crippen LogP contribution < -0.4 is 16.2 Å². The van der Waals surface area contributed by atoms with Crippen LogP contribution in [0.15, 0.2) is 24.3 Å². The van der Waals surface area contributed by atoms with Gasteiger partial charge in [0.05, 0.1) is 0 Å². The summed E-state index contributed by atoms with van der Waals surface area (Å²) in [7, 11) is 0. The lowest BCUT2D eigenvalue weighted by atomic mass is 10.1. The summed E-state index contributed by atoms with van der Waals surface area (Å²) in [6.07, 6.45) is 3.77. The van der Waals surface area contributed by atoms with Crippen LogP contribution in [0.5, 0.6) is 0 Å². The zero-order valence-corrected chi connectivity index (χ0v) is 12.5. The highest BCUT2D eigenvalue weighted by Crippen LogP contribution is 2.18. The Hall–Kier alpha value is -2.02. The van der Waals surface area contributed by atoms with E-state index >= 15 is 0 Å². The number of carbonyl (C=O) groups is 3. The molecule has 6 nitrogen and oxygen atoms in total. The monoisotopic (exact) mass is 307 g/mol. The minimum Gasteiger partial charge on any atom is -0.345 e. The summed E-state index contributed by atoms with van der Waals surface area (Å²) in [5.41, 5.74) is 5.80. The third-order valence-electron chi connectivity index (χ3n) is 2.91. The third-order valence-corrected chi connectivity index (χ3v) is 3.53. The second kappa shape index (κ2) is 7.12. The van der Waals surface area contributed by atoms with Crippen molar-refractivity contribution in [1.29, 1.82) is 0 Å². The highest BCUT2D eigenvalue weighted by atomic mass is 32.2. The molecule has 0 unspecified atom stereocenters. The van der Waals surface area contributed by atoms with E-state index in [9.17, 15) is 14.4 Å². The molecular formula is C14H17N3O3S.